The van der Waals surface area contributed by atoms with Gasteiger partial charge in [-0.25, -0.2) is 0 Å². The number of aromatic nitrogens is 1. The zero-order valence-corrected chi connectivity index (χ0v) is 26.6. The largest absolute Gasteiger partial charge is 0.355 e. The van der Waals surface area contributed by atoms with Gasteiger partial charge in [-0.3, -0.25) is 4.90 Å². The van der Waals surface area contributed by atoms with E-state index in [0.717, 1.165) is 34.6 Å². The fourth-order valence-corrected chi connectivity index (χ4v) is 7.75. The van der Waals surface area contributed by atoms with Gasteiger partial charge in [-0.15, -0.1) is 0 Å². The number of anilines is 2. The molecule has 0 spiro atoms. The van der Waals surface area contributed by atoms with Crippen molar-refractivity contribution in [2.75, 3.05) is 5.32 Å². The third kappa shape index (κ3) is 4.69. The fraction of sp³-hybridized carbons (Fsp3) is 0.0909. The van der Waals surface area contributed by atoms with Crippen LogP contribution in [-0.2, 0) is 5.66 Å². The lowest BCUT2D eigenvalue weighted by Crippen LogP contribution is -2.32. The summed E-state index contributed by atoms with van der Waals surface area (Å²) in [6.07, 6.45) is 9.75. The maximum atomic E-state index is 7.51. The van der Waals surface area contributed by atoms with Crippen molar-refractivity contribution in [2.24, 2.45) is 5.73 Å². The van der Waals surface area contributed by atoms with Gasteiger partial charge in [0.2, 0.25) is 0 Å². The van der Waals surface area contributed by atoms with Crippen LogP contribution in [0.15, 0.2) is 176 Å². The molecule has 3 N–H and O–H groups in total. The third-order valence-corrected chi connectivity index (χ3v) is 10.0. The number of benzene rings is 6. The second kappa shape index (κ2) is 11.5. The second-order valence-corrected chi connectivity index (χ2v) is 12.8. The summed E-state index contributed by atoms with van der Waals surface area (Å²) in [6.45, 7) is 0. The lowest BCUT2D eigenvalue weighted by atomic mass is 9.99. The van der Waals surface area contributed by atoms with Crippen LogP contribution in [0, 0.1) is 0 Å². The van der Waals surface area contributed by atoms with E-state index in [1.54, 1.807) is 0 Å². The maximum absolute atomic E-state index is 7.51. The van der Waals surface area contributed by atoms with E-state index in [-0.39, 0.29) is 12.1 Å². The minimum Gasteiger partial charge on any atom is -0.355 e. The number of nitrogens with zero attached hydrogens (tertiary/aromatic N) is 2. The molecule has 9 rings (SSSR count). The number of allylic oxidation sites excluding steroid dienone is 2. The van der Waals surface area contributed by atoms with Crippen molar-refractivity contribution in [2.45, 2.75) is 24.2 Å². The Kier molecular flexibility index (Phi) is 6.86. The average Bonchev–Trinajstić information content (AvgIpc) is 3.68. The summed E-state index contributed by atoms with van der Waals surface area (Å²) < 4.78 is 2.40. The molecule has 1 fully saturated rings. The molecular formula is C44H36N4. The first-order valence-electron chi connectivity index (χ1n) is 16.7. The summed E-state index contributed by atoms with van der Waals surface area (Å²) >= 11 is 0. The highest BCUT2D eigenvalue weighted by atomic mass is 15.5. The maximum Gasteiger partial charge on any atom is 0.116 e. The molecule has 4 atom stereocenters. The normalized spacial score (nSPS) is 21.5. The van der Waals surface area contributed by atoms with E-state index in [4.69, 9.17) is 5.73 Å². The van der Waals surface area contributed by atoms with Crippen molar-refractivity contribution < 1.29 is 0 Å². The van der Waals surface area contributed by atoms with Gasteiger partial charge < -0.3 is 15.6 Å². The smallest absolute Gasteiger partial charge is 0.116 e. The van der Waals surface area contributed by atoms with E-state index in [1.807, 2.05) is 6.07 Å². The summed E-state index contributed by atoms with van der Waals surface area (Å²) in [6, 6.07) is 54.3. The van der Waals surface area contributed by atoms with Crippen LogP contribution in [0.3, 0.4) is 0 Å². The molecule has 6 aromatic carbocycles. The van der Waals surface area contributed by atoms with Crippen molar-refractivity contribution in [3.8, 4) is 16.8 Å². The molecule has 1 aliphatic carbocycles. The Morgan fingerprint density at radius 2 is 1.38 bits per heavy atom. The highest BCUT2D eigenvalue weighted by molar-refractivity contribution is 6.12. The Labute approximate surface area is 281 Å². The molecule has 1 aromatic heterocycles. The standard InChI is InChI=1S/C44H36N4/c45-44(43(32-18-7-2-8-19-32)48(44)35-23-11-4-12-24-35)33-20-15-25-36(28-33)47-41-27-14-13-26-37(41)39-29-38(31-16-5-1-6-17-31)40(30-42(39)47)46-34-21-9-3-10-22-34/h1-23,25-30,35,43,46H,24,45H2/t35-,43?,44?,48?/m1/s1. The molecule has 48 heavy (non-hydrogen) atoms. The molecule has 1 aliphatic heterocycles. The lowest BCUT2D eigenvalue weighted by Gasteiger charge is -2.21. The van der Waals surface area contributed by atoms with Crippen LogP contribution < -0.4 is 11.1 Å². The zero-order chi connectivity index (χ0) is 32.1. The third-order valence-electron chi connectivity index (χ3n) is 10.0. The first kappa shape index (κ1) is 28.5. The number of hydrogen-bond donors (Lipinski definition) is 2. The highest BCUT2D eigenvalue weighted by Gasteiger charge is 2.63. The van der Waals surface area contributed by atoms with E-state index in [9.17, 15) is 0 Å². The van der Waals surface area contributed by atoms with Crippen LogP contribution in [0.5, 0.6) is 0 Å². The van der Waals surface area contributed by atoms with Crippen LogP contribution >= 0.6 is 0 Å². The average molecular weight is 621 g/mol. The van der Waals surface area contributed by atoms with Crippen LogP contribution in [0.4, 0.5) is 11.4 Å². The summed E-state index contributed by atoms with van der Waals surface area (Å²) in [5.41, 5.74) is 17.1. The van der Waals surface area contributed by atoms with E-state index >= 15 is 0 Å². The van der Waals surface area contributed by atoms with Gasteiger partial charge in [0.15, 0.2) is 0 Å². The molecular weight excluding hydrogens is 585 g/mol. The van der Waals surface area contributed by atoms with Gasteiger partial charge >= 0.3 is 0 Å². The summed E-state index contributed by atoms with van der Waals surface area (Å²) in [4.78, 5) is 2.47. The molecule has 2 heterocycles. The van der Waals surface area contributed by atoms with Crippen LogP contribution in [0.2, 0.25) is 0 Å². The molecule has 0 bridgehead atoms. The van der Waals surface area contributed by atoms with Gasteiger partial charge in [0, 0.05) is 39.4 Å². The zero-order valence-electron chi connectivity index (χ0n) is 26.6. The van der Waals surface area contributed by atoms with E-state index in [2.05, 4.69) is 185 Å². The molecule has 4 heteroatoms. The highest BCUT2D eigenvalue weighted by Crippen LogP contribution is 2.58. The first-order chi connectivity index (χ1) is 23.7. The minimum atomic E-state index is -0.628. The number of nitrogens with two attached hydrogens (primary N) is 1. The summed E-state index contributed by atoms with van der Waals surface area (Å²) in [5.74, 6) is 0. The molecule has 3 unspecified atom stereocenters. The van der Waals surface area contributed by atoms with Gasteiger partial charge in [-0.05, 0) is 65.6 Å². The number of rotatable bonds is 7. The monoisotopic (exact) mass is 620 g/mol. The molecule has 4 nitrogen and oxygen atoms in total. The van der Waals surface area contributed by atoms with E-state index in [0.29, 0.717) is 0 Å². The molecule has 232 valence electrons. The SMILES string of the molecule is NC1(c2cccc(-n3c4ccccc4c4cc(-c5ccccc5)c(Nc5ccccc5)cc43)c2)C(c2ccccc2)N1[C@@H]1C=CC=CC1. The van der Waals surface area contributed by atoms with Crippen molar-refractivity contribution >= 4 is 33.2 Å². The predicted molar refractivity (Wildman–Crippen MR) is 200 cm³/mol. The Hall–Kier alpha value is -5.68. The van der Waals surface area contributed by atoms with Gasteiger partial charge in [0.05, 0.1) is 17.1 Å². The van der Waals surface area contributed by atoms with Crippen LogP contribution in [-0.4, -0.2) is 15.5 Å². The van der Waals surface area contributed by atoms with Gasteiger partial charge in [0.1, 0.15) is 5.66 Å². The Bertz CT molecular complexity index is 2320. The fourth-order valence-electron chi connectivity index (χ4n) is 7.75. The lowest BCUT2D eigenvalue weighted by molar-refractivity contribution is 0.355. The topological polar surface area (TPSA) is 46.0 Å². The molecule has 0 radical (unpaired) electrons. The minimum absolute atomic E-state index is 0.0864. The van der Waals surface area contributed by atoms with Crippen LogP contribution in [0.25, 0.3) is 38.6 Å². The van der Waals surface area contributed by atoms with Crippen molar-refractivity contribution in [1.82, 2.24) is 9.47 Å². The molecule has 0 saturated carbocycles. The quantitative estimate of drug-likeness (QED) is 0.174. The van der Waals surface area contributed by atoms with E-state index < -0.39 is 5.66 Å². The number of para-hydroxylation sites is 2. The van der Waals surface area contributed by atoms with Crippen molar-refractivity contribution in [3.63, 3.8) is 0 Å². The summed E-state index contributed by atoms with van der Waals surface area (Å²) in [7, 11) is 0. The van der Waals surface area contributed by atoms with Crippen LogP contribution in [0.1, 0.15) is 23.6 Å². The Balaban J connectivity index is 1.23. The van der Waals surface area contributed by atoms with Crippen molar-refractivity contribution in [3.05, 3.63) is 187 Å². The number of hydrogen-bond acceptors (Lipinski definition) is 3. The van der Waals surface area contributed by atoms with Gasteiger partial charge in [-0.1, -0.05) is 133 Å². The predicted octanol–water partition coefficient (Wildman–Crippen LogP) is 10.2. The molecule has 1 saturated heterocycles. The number of nitrogens with one attached hydrogen (secondary N) is 1. The first-order valence-corrected chi connectivity index (χ1v) is 16.7. The second-order valence-electron chi connectivity index (χ2n) is 12.8. The molecule has 7 aromatic rings. The van der Waals surface area contributed by atoms with E-state index in [1.165, 1.54) is 33.0 Å². The van der Waals surface area contributed by atoms with Gasteiger partial charge in [-0.2, -0.15) is 0 Å². The Morgan fingerprint density at radius 3 is 2.15 bits per heavy atom. The number of fused-ring (bicyclic) bond motifs is 3. The summed E-state index contributed by atoms with van der Waals surface area (Å²) in [5, 5.41) is 6.18. The van der Waals surface area contributed by atoms with Gasteiger partial charge in [0.25, 0.3) is 0 Å². The Morgan fingerprint density at radius 1 is 0.646 bits per heavy atom. The van der Waals surface area contributed by atoms with Crippen molar-refractivity contribution in [1.29, 1.82) is 0 Å². The molecule has 2 aliphatic rings. The molecule has 0 amide bonds.